The fraction of sp³-hybridized carbons (Fsp3) is 0.278. The molecule has 11 aromatic carbocycles. The van der Waals surface area contributed by atoms with Gasteiger partial charge in [-0.3, -0.25) is 0 Å². The number of benzene rings is 11. The quantitative estimate of drug-likeness (QED) is 0.0893. The molecule has 2 atom stereocenters. The third-order valence-corrected chi connectivity index (χ3v) is 24.5. The Kier molecular flexibility index (Phi) is 18.2. The van der Waals surface area contributed by atoms with Crippen molar-refractivity contribution in [3.8, 4) is 22.6 Å². The molecule has 105 heavy (non-hydrogen) atoms. The Balaban J connectivity index is 0.999. The van der Waals surface area contributed by atoms with Crippen molar-refractivity contribution in [1.82, 2.24) is 0 Å². The lowest BCUT2D eigenvalue weighted by Gasteiger charge is -2.49. The fourth-order valence-electron chi connectivity index (χ4n) is 16.9. The van der Waals surface area contributed by atoms with Crippen LogP contribution in [0.15, 0.2) is 259 Å². The highest BCUT2D eigenvalue weighted by molar-refractivity contribution is 8.00. The van der Waals surface area contributed by atoms with Crippen LogP contribution in [0.1, 0.15) is 204 Å². The largest absolute Gasteiger partial charge is 0.458 e. The fourth-order valence-corrected chi connectivity index (χ4v) is 18.4. The molecule has 0 aromatic heterocycles. The highest BCUT2D eigenvalue weighted by atomic mass is 32.2. The zero-order valence-electron chi connectivity index (χ0n) is 64.6. The van der Waals surface area contributed by atoms with Crippen molar-refractivity contribution in [2.75, 3.05) is 19.6 Å². The highest BCUT2D eigenvalue weighted by Gasteiger charge is 2.52. The molecule has 0 fully saturated rings. The summed E-state index contributed by atoms with van der Waals surface area (Å²) >= 11 is 2.02. The monoisotopic (exact) mass is 1390 g/mol. The zero-order valence-corrected chi connectivity index (χ0v) is 65.4. The molecule has 0 saturated carbocycles. The number of para-hydroxylation sites is 1. The summed E-state index contributed by atoms with van der Waals surface area (Å²) in [6.45, 7) is 39.0. The summed E-state index contributed by atoms with van der Waals surface area (Å²) in [4.78, 5) is 11.6. The summed E-state index contributed by atoms with van der Waals surface area (Å²) in [5.74, 6) is 4.49. The Morgan fingerprint density at radius 2 is 0.829 bits per heavy atom. The van der Waals surface area contributed by atoms with E-state index < -0.39 is 0 Å². The van der Waals surface area contributed by atoms with Crippen molar-refractivity contribution in [3.63, 3.8) is 0 Å². The molecule has 11 aromatic rings. The molecule has 526 valence electrons. The number of allylic oxidation sites excluding steroid dienone is 2. The average molecular weight is 1390 g/mol. The van der Waals surface area contributed by atoms with E-state index >= 15 is 0 Å². The van der Waals surface area contributed by atoms with Crippen molar-refractivity contribution >= 4 is 110 Å². The van der Waals surface area contributed by atoms with Crippen LogP contribution in [0.2, 0.25) is 5.82 Å². The summed E-state index contributed by atoms with van der Waals surface area (Å²) in [6, 6.07) is 90.0. The van der Waals surface area contributed by atoms with Gasteiger partial charge in [0.05, 0.1) is 17.1 Å². The molecule has 0 saturated heterocycles. The molecule has 8 heteroatoms. The van der Waals surface area contributed by atoms with Gasteiger partial charge in [-0.1, -0.05) is 251 Å². The molecule has 16 rings (SSSR count). The lowest BCUT2D eigenvalue weighted by atomic mass is 9.27. The highest BCUT2D eigenvalue weighted by Crippen LogP contribution is 2.57. The molecular formula is C97H100B2N4OS. The molecule has 5 aliphatic rings. The van der Waals surface area contributed by atoms with Gasteiger partial charge in [0, 0.05) is 73.0 Å². The summed E-state index contributed by atoms with van der Waals surface area (Å²) in [5, 5.41) is 0.00325. The lowest BCUT2D eigenvalue weighted by Crippen LogP contribution is -2.59. The molecule has 1 aliphatic carbocycles. The van der Waals surface area contributed by atoms with Gasteiger partial charge in [0.2, 0.25) is 6.71 Å². The van der Waals surface area contributed by atoms with Gasteiger partial charge in [0.1, 0.15) is 11.5 Å². The number of fused-ring (bicyclic) bond motifs is 8. The first-order chi connectivity index (χ1) is 50.5. The van der Waals surface area contributed by atoms with Crippen LogP contribution in [0, 0.1) is 0 Å². The van der Waals surface area contributed by atoms with Gasteiger partial charge >= 0.3 is 0 Å². The van der Waals surface area contributed by atoms with E-state index in [1.54, 1.807) is 0 Å². The maximum atomic E-state index is 7.47. The Hall–Kier alpha value is -9.62. The number of hydrogen-bond donors (Lipinski definition) is 0. The van der Waals surface area contributed by atoms with Crippen molar-refractivity contribution in [2.45, 2.75) is 181 Å². The van der Waals surface area contributed by atoms with Crippen LogP contribution in [0.4, 0.5) is 62.6 Å². The van der Waals surface area contributed by atoms with Crippen LogP contribution in [0.3, 0.4) is 0 Å². The molecule has 0 bridgehead atoms. The van der Waals surface area contributed by atoms with Gasteiger partial charge in [-0.2, -0.15) is 0 Å². The summed E-state index contributed by atoms with van der Waals surface area (Å²) in [5.41, 5.74) is 33.1. The van der Waals surface area contributed by atoms with E-state index in [4.69, 9.17) is 4.74 Å². The maximum absolute atomic E-state index is 7.47. The second-order valence-electron chi connectivity index (χ2n) is 33.4. The minimum atomic E-state index is -0.151. The van der Waals surface area contributed by atoms with Crippen LogP contribution >= 0.6 is 11.8 Å². The number of rotatable bonds is 16. The van der Waals surface area contributed by atoms with Gasteiger partial charge in [-0.15, -0.1) is 11.8 Å². The minimum absolute atomic E-state index is 0.00325. The van der Waals surface area contributed by atoms with E-state index in [0.717, 1.165) is 57.0 Å². The van der Waals surface area contributed by atoms with Gasteiger partial charge in [0.25, 0.3) is 6.71 Å². The second kappa shape index (κ2) is 27.4. The Labute approximate surface area is 631 Å². The minimum Gasteiger partial charge on any atom is -0.458 e. The van der Waals surface area contributed by atoms with Crippen molar-refractivity contribution < 1.29 is 4.74 Å². The predicted molar refractivity (Wildman–Crippen MR) is 454 cm³/mol. The third-order valence-electron chi connectivity index (χ3n) is 23.2. The summed E-state index contributed by atoms with van der Waals surface area (Å²) in [7, 11) is 0. The van der Waals surface area contributed by atoms with Crippen LogP contribution in [0.5, 0.6) is 11.5 Å². The second-order valence-corrected chi connectivity index (χ2v) is 34.7. The van der Waals surface area contributed by atoms with E-state index in [9.17, 15) is 0 Å². The molecule has 4 heterocycles. The van der Waals surface area contributed by atoms with Gasteiger partial charge < -0.3 is 24.3 Å². The SMILES string of the molecule is CC(C)c1ccc(N(c2ccc(C(C)C)cc2)c2cc3c4c(c2)SC2C=C5C(=CC2B4c2cc(C(C)C)ccc2O3)B2c3cc(C(C)C)ccc3N(c3ccc(C(C)C)cc3)c3cc(N(c4ccc(C(C)C)cc4)c4ccc(C(C)C)cc4)cc(c32)N5c2ccccc2-c2ccc(C(C)(C)C)cc2)cc1. The van der Waals surface area contributed by atoms with Gasteiger partial charge in [-0.25, -0.2) is 0 Å². The number of anilines is 11. The smallest absolute Gasteiger partial charge is 0.251 e. The molecule has 0 radical (unpaired) electrons. The normalized spacial score (nSPS) is 15.6. The standard InChI is InChI=1S/C97H100B2N4OS/c1-58(2)65-24-38-74(39-25-65)100(75-40-26-66(27-41-75)59(3)4)79-52-89-95-90(53-79)103(86-21-19-18-20-81(86)70-22-36-73(37-23-70)97(15,16)17)88-57-93-85(56-83(88)98(95)82-50-71(63(11)12)34-48-87(82)102(89)78-46-32-69(33-47-78)62(9)10)99-84-51-72(64(13)14)35-49-91(84)104-92-54-80(55-94(105-93)96(92)99)101(76-42-28-67(29-43-76)60(5)6)77-44-30-68(31-45-77)61(7)8/h18-64,85,93H,1-17H3. The van der Waals surface area contributed by atoms with E-state index in [1.807, 2.05) is 11.8 Å². The molecule has 0 amide bonds. The Bertz CT molecular complexity index is 5070. The van der Waals surface area contributed by atoms with Crippen molar-refractivity contribution in [1.29, 1.82) is 0 Å². The number of thioether (sulfide) groups is 1. The number of nitrogens with zero attached hydrogens (tertiary/aromatic N) is 4. The van der Waals surface area contributed by atoms with E-state index in [0.29, 0.717) is 41.4 Å². The number of ether oxygens (including phenoxy) is 1. The van der Waals surface area contributed by atoms with Gasteiger partial charge in [0.15, 0.2) is 0 Å². The van der Waals surface area contributed by atoms with Crippen LogP contribution < -0.4 is 46.2 Å². The molecule has 4 aliphatic heterocycles. The first-order valence-corrected chi connectivity index (χ1v) is 39.7. The maximum Gasteiger partial charge on any atom is 0.251 e. The zero-order chi connectivity index (χ0) is 73.2. The number of hydrogen-bond acceptors (Lipinski definition) is 6. The lowest BCUT2D eigenvalue weighted by molar-refractivity contribution is 0.485. The molecular weight excluding hydrogens is 1290 g/mol. The van der Waals surface area contributed by atoms with Crippen LogP contribution in [-0.2, 0) is 5.41 Å². The predicted octanol–water partition coefficient (Wildman–Crippen LogP) is 25.6. The first kappa shape index (κ1) is 69.7. The van der Waals surface area contributed by atoms with Crippen molar-refractivity contribution in [2.24, 2.45) is 0 Å². The van der Waals surface area contributed by atoms with Crippen LogP contribution in [-0.4, -0.2) is 18.7 Å². The molecule has 0 spiro atoms. The summed E-state index contributed by atoms with van der Waals surface area (Å²) in [6.07, 6.45) is 5.53. The Morgan fingerprint density at radius 1 is 0.381 bits per heavy atom. The topological polar surface area (TPSA) is 22.2 Å². The third kappa shape index (κ3) is 12.5. The van der Waals surface area contributed by atoms with E-state index in [-0.39, 0.29) is 29.9 Å². The van der Waals surface area contributed by atoms with Crippen LogP contribution in [0.25, 0.3) is 11.1 Å². The first-order valence-electron chi connectivity index (χ1n) is 38.8. The molecule has 2 unspecified atom stereocenters. The van der Waals surface area contributed by atoms with E-state index in [1.165, 1.54) is 111 Å². The molecule has 0 N–H and O–H groups in total. The average Bonchev–Trinajstić information content (AvgIpc) is 0.688. The molecule has 5 nitrogen and oxygen atoms in total. The van der Waals surface area contributed by atoms with Crippen molar-refractivity contribution in [3.05, 3.63) is 298 Å². The van der Waals surface area contributed by atoms with Gasteiger partial charge in [-0.05, 0) is 233 Å². The van der Waals surface area contributed by atoms with E-state index in [2.05, 4.69) is 380 Å². The Morgan fingerprint density at radius 3 is 1.32 bits per heavy atom. The summed E-state index contributed by atoms with van der Waals surface area (Å²) < 4.78 is 7.47.